The van der Waals surface area contributed by atoms with Crippen molar-refractivity contribution in [3.05, 3.63) is 22.4 Å². The highest BCUT2D eigenvalue weighted by molar-refractivity contribution is 7.09. The lowest BCUT2D eigenvalue weighted by Gasteiger charge is -2.04. The minimum Gasteiger partial charge on any atom is -0.317 e. The molecule has 1 heterocycles. The van der Waals surface area contributed by atoms with Crippen LogP contribution in [0.3, 0.4) is 0 Å². The highest BCUT2D eigenvalue weighted by Gasteiger charge is 1.94. The molecule has 0 saturated heterocycles. The van der Waals surface area contributed by atoms with Gasteiger partial charge in [0.05, 0.1) is 0 Å². The summed E-state index contributed by atoms with van der Waals surface area (Å²) in [5, 5.41) is 6.67. The van der Waals surface area contributed by atoms with E-state index < -0.39 is 0 Å². The van der Waals surface area contributed by atoms with Crippen molar-refractivity contribution in [3.63, 3.8) is 0 Å². The van der Waals surface area contributed by atoms with E-state index in [1.165, 1.54) is 62.8 Å². The summed E-state index contributed by atoms with van der Waals surface area (Å²) in [6.45, 7) is 4.63. The molecule has 1 rings (SSSR count). The fourth-order valence-electron chi connectivity index (χ4n) is 1.95. The van der Waals surface area contributed by atoms with Gasteiger partial charge < -0.3 is 5.32 Å². The van der Waals surface area contributed by atoms with Gasteiger partial charge in [-0.25, -0.2) is 0 Å². The Balaban J connectivity index is 1.76. The van der Waals surface area contributed by atoms with Crippen molar-refractivity contribution in [1.82, 2.24) is 5.32 Å². The number of unbranched alkanes of at least 4 members (excludes halogenated alkanes) is 5. The first-order valence-electron chi connectivity index (χ1n) is 7.09. The molecule has 1 N–H and O–H groups in total. The van der Waals surface area contributed by atoms with Crippen LogP contribution < -0.4 is 5.32 Å². The Bertz CT molecular complexity index is 243. The van der Waals surface area contributed by atoms with Gasteiger partial charge >= 0.3 is 0 Å². The number of nitrogens with one attached hydrogen (secondary N) is 1. The molecular formula is C15H26NS. The Morgan fingerprint density at radius 3 is 2.59 bits per heavy atom. The van der Waals surface area contributed by atoms with E-state index in [9.17, 15) is 0 Å². The quantitative estimate of drug-likeness (QED) is 0.574. The molecule has 0 amide bonds. The van der Waals surface area contributed by atoms with E-state index in [4.69, 9.17) is 0 Å². The van der Waals surface area contributed by atoms with Crippen LogP contribution in [0.2, 0.25) is 0 Å². The predicted molar refractivity (Wildman–Crippen MR) is 77.7 cm³/mol. The van der Waals surface area contributed by atoms with E-state index >= 15 is 0 Å². The number of thiophene rings is 1. The van der Waals surface area contributed by atoms with Crippen molar-refractivity contribution in [2.75, 3.05) is 13.1 Å². The Kier molecular flexibility index (Phi) is 9.34. The third kappa shape index (κ3) is 8.39. The molecule has 1 aromatic heterocycles. The lowest BCUT2D eigenvalue weighted by molar-refractivity contribution is 0.565. The van der Waals surface area contributed by atoms with Gasteiger partial charge in [0, 0.05) is 10.3 Å². The normalized spacial score (nSPS) is 10.9. The van der Waals surface area contributed by atoms with Crippen LogP contribution in [0.25, 0.3) is 0 Å². The Morgan fingerprint density at radius 1 is 1.06 bits per heavy atom. The molecule has 0 aliphatic rings. The number of hydrogen-bond acceptors (Lipinski definition) is 2. The summed E-state index contributed by atoms with van der Waals surface area (Å²) in [4.78, 5) is 1.46. The zero-order chi connectivity index (χ0) is 12.2. The van der Waals surface area contributed by atoms with Crippen molar-refractivity contribution < 1.29 is 0 Å². The van der Waals surface area contributed by atoms with E-state index in [0.29, 0.717) is 0 Å². The molecule has 0 aliphatic heterocycles. The smallest absolute Gasteiger partial charge is 0.0445 e. The molecule has 1 radical (unpaired) electrons. The Labute approximate surface area is 111 Å². The number of hydrogen-bond donors (Lipinski definition) is 1. The van der Waals surface area contributed by atoms with Gasteiger partial charge in [0.2, 0.25) is 0 Å². The molecule has 0 aliphatic carbocycles. The van der Waals surface area contributed by atoms with Gasteiger partial charge in [-0.05, 0) is 44.5 Å². The van der Waals surface area contributed by atoms with Crippen LogP contribution >= 0.6 is 11.3 Å². The highest BCUT2D eigenvalue weighted by Crippen LogP contribution is 2.09. The highest BCUT2D eigenvalue weighted by atomic mass is 32.1. The molecule has 97 valence electrons. The van der Waals surface area contributed by atoms with Crippen molar-refractivity contribution >= 4 is 11.3 Å². The first kappa shape index (κ1) is 14.7. The fraction of sp³-hybridized carbons (Fsp3) is 0.733. The molecule has 0 fully saturated rings. The Hall–Kier alpha value is -0.340. The van der Waals surface area contributed by atoms with Crippen molar-refractivity contribution in [2.45, 2.75) is 58.3 Å². The zero-order valence-electron chi connectivity index (χ0n) is 11.1. The third-order valence-corrected chi connectivity index (χ3v) is 3.87. The second-order valence-electron chi connectivity index (χ2n) is 4.64. The van der Waals surface area contributed by atoms with Gasteiger partial charge in [0.1, 0.15) is 0 Å². The van der Waals surface area contributed by atoms with Crippen LogP contribution in [0.1, 0.15) is 56.7 Å². The molecule has 2 heteroatoms. The lowest BCUT2D eigenvalue weighted by Crippen LogP contribution is -2.17. The largest absolute Gasteiger partial charge is 0.317 e. The number of rotatable bonds is 11. The van der Waals surface area contributed by atoms with Crippen LogP contribution in [-0.2, 0) is 6.42 Å². The van der Waals surface area contributed by atoms with Gasteiger partial charge in [-0.1, -0.05) is 39.0 Å². The first-order valence-corrected chi connectivity index (χ1v) is 7.90. The monoisotopic (exact) mass is 252 g/mol. The standard InChI is InChI=1S/C15H26NS/c1-2-3-4-5-6-7-12-16-13-8-10-15-11-9-14-17-15/h9,11,16H,2-8,10,12-13H2,1H3. The molecule has 1 aromatic rings. The third-order valence-electron chi connectivity index (χ3n) is 3.01. The van der Waals surface area contributed by atoms with Crippen molar-refractivity contribution in [1.29, 1.82) is 0 Å². The summed E-state index contributed by atoms with van der Waals surface area (Å²) in [5.74, 6) is 0. The lowest BCUT2D eigenvalue weighted by atomic mass is 10.1. The topological polar surface area (TPSA) is 12.0 Å². The summed E-state index contributed by atoms with van der Waals surface area (Å²) in [5.41, 5.74) is 0. The Morgan fingerprint density at radius 2 is 1.82 bits per heavy atom. The molecular weight excluding hydrogens is 226 g/mol. The summed E-state index contributed by atoms with van der Waals surface area (Å²) in [7, 11) is 0. The first-order chi connectivity index (χ1) is 8.43. The summed E-state index contributed by atoms with van der Waals surface area (Å²) in [6.07, 6.45) is 10.8. The molecule has 0 bridgehead atoms. The maximum atomic E-state index is 3.53. The average molecular weight is 252 g/mol. The van der Waals surface area contributed by atoms with Gasteiger partial charge in [0.15, 0.2) is 0 Å². The molecule has 1 nitrogen and oxygen atoms in total. The van der Waals surface area contributed by atoms with Crippen LogP contribution in [0.4, 0.5) is 0 Å². The van der Waals surface area contributed by atoms with E-state index in [1.54, 1.807) is 11.3 Å². The van der Waals surface area contributed by atoms with Crippen LogP contribution in [0, 0.1) is 5.38 Å². The van der Waals surface area contributed by atoms with E-state index in [1.807, 2.05) is 6.07 Å². The number of aryl methyl sites for hydroxylation is 1. The summed E-state index contributed by atoms with van der Waals surface area (Å²) < 4.78 is 0. The molecule has 17 heavy (non-hydrogen) atoms. The molecule has 0 atom stereocenters. The van der Waals surface area contributed by atoms with Gasteiger partial charge in [-0.3, -0.25) is 0 Å². The van der Waals surface area contributed by atoms with Gasteiger partial charge in [0.25, 0.3) is 0 Å². The van der Waals surface area contributed by atoms with E-state index in [-0.39, 0.29) is 0 Å². The van der Waals surface area contributed by atoms with Gasteiger partial charge in [-0.15, -0.1) is 11.3 Å². The molecule has 0 spiro atoms. The second kappa shape index (κ2) is 10.8. The van der Waals surface area contributed by atoms with Crippen molar-refractivity contribution in [3.8, 4) is 0 Å². The van der Waals surface area contributed by atoms with Crippen LogP contribution in [0.5, 0.6) is 0 Å². The summed E-state index contributed by atoms with van der Waals surface area (Å²) >= 11 is 1.75. The van der Waals surface area contributed by atoms with E-state index in [2.05, 4.69) is 23.7 Å². The molecule has 0 unspecified atom stereocenters. The van der Waals surface area contributed by atoms with Gasteiger partial charge in [-0.2, -0.15) is 0 Å². The maximum Gasteiger partial charge on any atom is 0.0445 e. The minimum atomic E-state index is 1.16. The average Bonchev–Trinajstić information content (AvgIpc) is 2.85. The minimum absolute atomic E-state index is 1.16. The molecule has 0 saturated carbocycles. The molecule has 0 aromatic carbocycles. The van der Waals surface area contributed by atoms with E-state index in [0.717, 1.165) is 6.54 Å². The van der Waals surface area contributed by atoms with Crippen molar-refractivity contribution in [2.24, 2.45) is 0 Å². The second-order valence-corrected chi connectivity index (χ2v) is 5.61. The maximum absolute atomic E-state index is 3.53. The fourth-order valence-corrected chi connectivity index (χ4v) is 2.62. The van der Waals surface area contributed by atoms with Crippen LogP contribution in [0.15, 0.2) is 12.1 Å². The zero-order valence-corrected chi connectivity index (χ0v) is 12.0. The SMILES string of the molecule is CCCCCCCCNCCCc1cc[c]s1. The predicted octanol–water partition coefficient (Wildman–Crippen LogP) is 4.43. The summed E-state index contributed by atoms with van der Waals surface area (Å²) in [6, 6.07) is 4.20. The van der Waals surface area contributed by atoms with Crippen LogP contribution in [-0.4, -0.2) is 13.1 Å².